The minimum atomic E-state index is -0.360. The Bertz CT molecular complexity index is 1110. The number of esters is 1. The van der Waals surface area contributed by atoms with Crippen molar-refractivity contribution < 1.29 is 14.3 Å². The Hall–Kier alpha value is -2.72. The fourth-order valence-corrected chi connectivity index (χ4v) is 5.85. The van der Waals surface area contributed by atoms with E-state index in [0.717, 1.165) is 42.6 Å². The van der Waals surface area contributed by atoms with Crippen LogP contribution in [0.3, 0.4) is 0 Å². The lowest BCUT2D eigenvalue weighted by atomic mass is 9.95. The van der Waals surface area contributed by atoms with E-state index in [-0.39, 0.29) is 17.6 Å². The van der Waals surface area contributed by atoms with Crippen LogP contribution in [0.2, 0.25) is 0 Å². The Balaban J connectivity index is 1.48. The highest BCUT2D eigenvalue weighted by atomic mass is 32.2. The predicted molar refractivity (Wildman–Crippen MR) is 125 cm³/mol. The average molecular weight is 472 g/mol. The van der Waals surface area contributed by atoms with E-state index in [2.05, 4.69) is 20.5 Å². The maximum absolute atomic E-state index is 12.8. The molecule has 1 aliphatic carbocycles. The number of aromatic nitrogens is 4. The molecule has 0 fully saturated rings. The van der Waals surface area contributed by atoms with Gasteiger partial charge in [0.15, 0.2) is 11.0 Å². The first-order valence-corrected chi connectivity index (χ1v) is 12.5. The van der Waals surface area contributed by atoms with Gasteiger partial charge in [0.2, 0.25) is 5.91 Å². The molecule has 0 unspecified atom stereocenters. The second-order valence-corrected chi connectivity index (χ2v) is 9.31. The van der Waals surface area contributed by atoms with Crippen LogP contribution in [0.4, 0.5) is 5.00 Å². The molecule has 8 nitrogen and oxygen atoms in total. The highest BCUT2D eigenvalue weighted by Crippen LogP contribution is 2.38. The summed E-state index contributed by atoms with van der Waals surface area (Å²) in [6, 6.07) is 3.78. The van der Waals surface area contributed by atoms with Gasteiger partial charge >= 0.3 is 5.97 Å². The molecule has 3 heterocycles. The molecule has 0 aliphatic heterocycles. The van der Waals surface area contributed by atoms with Crippen LogP contribution in [0.5, 0.6) is 0 Å². The first-order chi connectivity index (χ1) is 15.6. The van der Waals surface area contributed by atoms with Gasteiger partial charge < -0.3 is 14.6 Å². The lowest BCUT2D eigenvalue weighted by Crippen LogP contribution is -2.17. The number of hydrogen-bond donors (Lipinski definition) is 1. The molecule has 168 valence electrons. The molecule has 1 amide bonds. The molecule has 4 rings (SSSR count). The number of fused-ring (bicyclic) bond motifs is 1. The quantitative estimate of drug-likeness (QED) is 0.388. The summed E-state index contributed by atoms with van der Waals surface area (Å²) in [7, 11) is 0. The molecule has 3 aromatic rings. The number of pyridine rings is 1. The minimum Gasteiger partial charge on any atom is -0.462 e. The van der Waals surface area contributed by atoms with Crippen molar-refractivity contribution in [1.29, 1.82) is 0 Å². The van der Waals surface area contributed by atoms with Crippen molar-refractivity contribution in [3.63, 3.8) is 0 Å². The summed E-state index contributed by atoms with van der Waals surface area (Å²) in [6.07, 6.45) is 7.39. The highest BCUT2D eigenvalue weighted by molar-refractivity contribution is 7.99. The maximum atomic E-state index is 12.8. The van der Waals surface area contributed by atoms with Gasteiger partial charge in [-0.3, -0.25) is 9.78 Å². The molecule has 0 saturated heterocycles. The maximum Gasteiger partial charge on any atom is 0.341 e. The van der Waals surface area contributed by atoms with Crippen LogP contribution in [-0.4, -0.2) is 44.0 Å². The van der Waals surface area contributed by atoms with Gasteiger partial charge in [-0.25, -0.2) is 4.79 Å². The lowest BCUT2D eigenvalue weighted by Gasteiger charge is -2.12. The summed E-state index contributed by atoms with van der Waals surface area (Å²) in [4.78, 5) is 30.7. The number of nitrogens with one attached hydrogen (secondary N) is 1. The number of ether oxygens (including phenoxy) is 1. The van der Waals surface area contributed by atoms with Gasteiger partial charge in [0.1, 0.15) is 5.00 Å². The highest BCUT2D eigenvalue weighted by Gasteiger charge is 2.27. The van der Waals surface area contributed by atoms with Crippen LogP contribution >= 0.6 is 23.1 Å². The van der Waals surface area contributed by atoms with Gasteiger partial charge in [-0.1, -0.05) is 11.8 Å². The number of carbonyl (C=O) groups excluding carboxylic acids is 2. The number of carbonyl (C=O) groups is 2. The predicted octanol–water partition coefficient (Wildman–Crippen LogP) is 4.21. The largest absolute Gasteiger partial charge is 0.462 e. The topological polar surface area (TPSA) is 99.0 Å². The molecule has 0 aromatic carbocycles. The Labute approximate surface area is 194 Å². The second kappa shape index (κ2) is 10.3. The van der Waals surface area contributed by atoms with E-state index in [1.807, 2.05) is 23.6 Å². The number of anilines is 1. The zero-order valence-electron chi connectivity index (χ0n) is 18.1. The summed E-state index contributed by atoms with van der Waals surface area (Å²) in [5.74, 6) is 0.337. The minimum absolute atomic E-state index is 0.163. The van der Waals surface area contributed by atoms with Gasteiger partial charge in [-0.2, -0.15) is 0 Å². The molecule has 0 radical (unpaired) electrons. The number of nitrogens with zero attached hydrogens (tertiary/aromatic N) is 4. The van der Waals surface area contributed by atoms with Crippen molar-refractivity contribution >= 4 is 40.0 Å². The standard InChI is InChI=1S/C22H25N5O3S2/c1-3-27-19(14-8-7-11-23-12-14)25-26-22(27)31-13-17(28)24-20-18(21(29)30-4-2)15-9-5-6-10-16(15)32-20/h7-8,11-12H,3-6,9-10,13H2,1-2H3,(H,24,28). The van der Waals surface area contributed by atoms with Crippen molar-refractivity contribution in [2.75, 3.05) is 17.7 Å². The number of thiophene rings is 1. The van der Waals surface area contributed by atoms with E-state index < -0.39 is 0 Å². The van der Waals surface area contributed by atoms with E-state index in [0.29, 0.717) is 28.9 Å². The van der Waals surface area contributed by atoms with Crippen LogP contribution < -0.4 is 5.32 Å². The fourth-order valence-electron chi connectivity index (χ4n) is 3.76. The third-order valence-electron chi connectivity index (χ3n) is 5.19. The average Bonchev–Trinajstić information content (AvgIpc) is 3.39. The van der Waals surface area contributed by atoms with E-state index in [1.54, 1.807) is 19.3 Å². The Kier molecular flexibility index (Phi) is 7.21. The number of rotatable bonds is 8. The first kappa shape index (κ1) is 22.5. The molecular formula is C22H25N5O3S2. The molecule has 0 spiro atoms. The fraction of sp³-hybridized carbons (Fsp3) is 0.409. The summed E-state index contributed by atoms with van der Waals surface area (Å²) in [5, 5.41) is 12.7. The van der Waals surface area contributed by atoms with Crippen LogP contribution in [0.1, 0.15) is 47.5 Å². The van der Waals surface area contributed by atoms with Crippen LogP contribution in [0, 0.1) is 0 Å². The van der Waals surface area contributed by atoms with Crippen LogP contribution in [0.15, 0.2) is 29.7 Å². The monoisotopic (exact) mass is 471 g/mol. The smallest absolute Gasteiger partial charge is 0.341 e. The number of hydrogen-bond acceptors (Lipinski definition) is 8. The zero-order chi connectivity index (χ0) is 22.5. The molecule has 10 heteroatoms. The van der Waals surface area contributed by atoms with Gasteiger partial charge in [-0.05, 0) is 57.2 Å². The van der Waals surface area contributed by atoms with Crippen molar-refractivity contribution in [2.45, 2.75) is 51.2 Å². The van der Waals surface area contributed by atoms with Crippen LogP contribution in [-0.2, 0) is 28.9 Å². The second-order valence-electron chi connectivity index (χ2n) is 7.26. The van der Waals surface area contributed by atoms with Crippen molar-refractivity contribution in [1.82, 2.24) is 19.7 Å². The van der Waals surface area contributed by atoms with Crippen molar-refractivity contribution in [3.8, 4) is 11.4 Å². The van der Waals surface area contributed by atoms with E-state index in [9.17, 15) is 9.59 Å². The molecule has 0 atom stereocenters. The van der Waals surface area contributed by atoms with Gasteiger partial charge in [0, 0.05) is 29.4 Å². The summed E-state index contributed by atoms with van der Waals surface area (Å²) >= 11 is 2.81. The van der Waals surface area contributed by atoms with Gasteiger partial charge in [0.05, 0.1) is 17.9 Å². The molecule has 3 aromatic heterocycles. The van der Waals surface area contributed by atoms with E-state index >= 15 is 0 Å². The number of amides is 1. The van der Waals surface area contributed by atoms with E-state index in [1.165, 1.54) is 28.0 Å². The third kappa shape index (κ3) is 4.71. The van der Waals surface area contributed by atoms with Crippen molar-refractivity contribution in [2.24, 2.45) is 0 Å². The molecule has 1 aliphatic rings. The zero-order valence-corrected chi connectivity index (χ0v) is 19.7. The molecule has 0 bridgehead atoms. The normalized spacial score (nSPS) is 12.9. The molecule has 0 saturated carbocycles. The number of thioether (sulfide) groups is 1. The van der Waals surface area contributed by atoms with Crippen molar-refractivity contribution in [3.05, 3.63) is 40.5 Å². The Morgan fingerprint density at radius 1 is 1.25 bits per heavy atom. The van der Waals surface area contributed by atoms with Crippen LogP contribution in [0.25, 0.3) is 11.4 Å². The number of aryl methyl sites for hydroxylation is 1. The van der Waals surface area contributed by atoms with E-state index in [4.69, 9.17) is 4.74 Å². The Morgan fingerprint density at radius 3 is 2.84 bits per heavy atom. The Morgan fingerprint density at radius 2 is 2.09 bits per heavy atom. The third-order valence-corrected chi connectivity index (χ3v) is 7.36. The summed E-state index contributed by atoms with van der Waals surface area (Å²) in [5.41, 5.74) is 2.44. The molecule has 32 heavy (non-hydrogen) atoms. The SMILES string of the molecule is CCOC(=O)c1c(NC(=O)CSc2nnc(-c3cccnc3)n2CC)sc2c1CCCC2. The molecule has 1 N–H and O–H groups in total. The summed E-state index contributed by atoms with van der Waals surface area (Å²) in [6.45, 7) is 4.77. The van der Waals surface area contributed by atoms with Gasteiger partial charge in [0.25, 0.3) is 0 Å². The van der Waals surface area contributed by atoms with Gasteiger partial charge in [-0.15, -0.1) is 21.5 Å². The molecular weight excluding hydrogens is 446 g/mol. The first-order valence-electron chi connectivity index (χ1n) is 10.7. The summed E-state index contributed by atoms with van der Waals surface area (Å²) < 4.78 is 7.22. The lowest BCUT2D eigenvalue weighted by molar-refractivity contribution is -0.113.